The highest BCUT2D eigenvalue weighted by Crippen LogP contribution is 2.41. The minimum atomic E-state index is -0.693. The maximum Gasteiger partial charge on any atom is 0.314 e. The fourth-order valence-electron chi connectivity index (χ4n) is 3.42. The standard InChI is InChI=1S/C16H18BrNO2/c1-18-10-13(17)12-9-11(5-6-14(12)18)16(15(19)20)7-3-2-4-8-16/h5-6,9-10H,2-4,7-8H2,1H3,(H,19,20). The Labute approximate surface area is 126 Å². The van der Waals surface area contributed by atoms with Crippen molar-refractivity contribution in [1.82, 2.24) is 4.57 Å². The normalized spacial score (nSPS) is 18.3. The zero-order valence-corrected chi connectivity index (χ0v) is 13.1. The van der Waals surface area contributed by atoms with E-state index in [9.17, 15) is 9.90 Å². The number of carbonyl (C=O) groups is 1. The molecule has 1 heterocycles. The number of fused-ring (bicyclic) bond motifs is 1. The summed E-state index contributed by atoms with van der Waals surface area (Å²) < 4.78 is 3.07. The molecule has 4 heteroatoms. The van der Waals surface area contributed by atoms with Crippen molar-refractivity contribution in [2.75, 3.05) is 0 Å². The second kappa shape index (κ2) is 4.92. The van der Waals surface area contributed by atoms with Crippen molar-refractivity contribution >= 4 is 32.8 Å². The van der Waals surface area contributed by atoms with Gasteiger partial charge in [-0.05, 0) is 46.5 Å². The average Bonchev–Trinajstić information content (AvgIpc) is 2.74. The van der Waals surface area contributed by atoms with Crippen LogP contribution in [0.3, 0.4) is 0 Å². The third kappa shape index (κ3) is 1.97. The average molecular weight is 336 g/mol. The summed E-state index contributed by atoms with van der Waals surface area (Å²) in [5, 5.41) is 10.9. The number of rotatable bonds is 2. The first kappa shape index (κ1) is 13.7. The molecule has 3 rings (SSSR count). The van der Waals surface area contributed by atoms with E-state index in [4.69, 9.17) is 0 Å². The van der Waals surface area contributed by atoms with Gasteiger partial charge in [0.1, 0.15) is 0 Å². The molecule has 0 aliphatic heterocycles. The predicted octanol–water partition coefficient (Wildman–Crippen LogP) is 4.23. The first-order valence-electron chi connectivity index (χ1n) is 7.03. The van der Waals surface area contributed by atoms with Crippen LogP contribution in [0.25, 0.3) is 10.9 Å². The van der Waals surface area contributed by atoms with Gasteiger partial charge < -0.3 is 9.67 Å². The molecule has 20 heavy (non-hydrogen) atoms. The summed E-state index contributed by atoms with van der Waals surface area (Å²) in [6.45, 7) is 0. The van der Waals surface area contributed by atoms with Gasteiger partial charge in [0.25, 0.3) is 0 Å². The molecule has 3 nitrogen and oxygen atoms in total. The van der Waals surface area contributed by atoms with Gasteiger partial charge in [-0.25, -0.2) is 0 Å². The van der Waals surface area contributed by atoms with Gasteiger partial charge in [0.15, 0.2) is 0 Å². The van der Waals surface area contributed by atoms with Crippen molar-refractivity contribution in [1.29, 1.82) is 0 Å². The monoisotopic (exact) mass is 335 g/mol. The van der Waals surface area contributed by atoms with Crippen LogP contribution in [-0.2, 0) is 17.3 Å². The number of hydrogen-bond donors (Lipinski definition) is 1. The van der Waals surface area contributed by atoms with Gasteiger partial charge in [-0.15, -0.1) is 0 Å². The molecular weight excluding hydrogens is 318 g/mol. The van der Waals surface area contributed by atoms with E-state index in [1.165, 1.54) is 0 Å². The first-order chi connectivity index (χ1) is 9.54. The zero-order valence-electron chi connectivity index (χ0n) is 11.5. The molecule has 1 aromatic heterocycles. The van der Waals surface area contributed by atoms with Gasteiger partial charge in [-0.2, -0.15) is 0 Å². The van der Waals surface area contributed by atoms with Crippen molar-refractivity contribution in [3.8, 4) is 0 Å². The molecular formula is C16H18BrNO2. The third-order valence-electron chi connectivity index (χ3n) is 4.61. The minimum absolute atomic E-state index is 0.677. The summed E-state index contributed by atoms with van der Waals surface area (Å²) in [6.07, 6.45) is 6.66. The number of nitrogens with zero attached hydrogens (tertiary/aromatic N) is 1. The molecule has 0 saturated heterocycles. The number of aliphatic carboxylic acids is 1. The molecule has 0 bridgehead atoms. The van der Waals surface area contributed by atoms with Crippen molar-refractivity contribution in [3.63, 3.8) is 0 Å². The molecule has 1 aliphatic rings. The van der Waals surface area contributed by atoms with E-state index >= 15 is 0 Å². The van der Waals surface area contributed by atoms with Crippen LogP contribution >= 0.6 is 15.9 Å². The summed E-state index contributed by atoms with van der Waals surface area (Å²) in [5.41, 5.74) is 1.38. The molecule has 0 amide bonds. The van der Waals surface area contributed by atoms with Gasteiger partial charge in [-0.3, -0.25) is 4.79 Å². The number of aromatic nitrogens is 1. The van der Waals surface area contributed by atoms with E-state index in [1.54, 1.807) is 0 Å². The fraction of sp³-hybridized carbons (Fsp3) is 0.438. The molecule has 0 atom stereocenters. The molecule has 1 aromatic carbocycles. The summed E-state index contributed by atoms with van der Waals surface area (Å²) in [6, 6.07) is 6.09. The Hall–Kier alpha value is -1.29. The highest BCUT2D eigenvalue weighted by molar-refractivity contribution is 9.10. The Bertz CT molecular complexity index is 668. The van der Waals surface area contributed by atoms with Gasteiger partial charge in [0, 0.05) is 28.6 Å². The van der Waals surface area contributed by atoms with Crippen LogP contribution < -0.4 is 0 Å². The van der Waals surface area contributed by atoms with Crippen LogP contribution in [0.2, 0.25) is 0 Å². The van der Waals surface area contributed by atoms with Gasteiger partial charge >= 0.3 is 5.97 Å². The number of carboxylic acids is 1. The Balaban J connectivity index is 2.16. The Morgan fingerprint density at radius 1 is 1.30 bits per heavy atom. The van der Waals surface area contributed by atoms with E-state index in [0.717, 1.165) is 53.0 Å². The summed E-state index contributed by atoms with van der Waals surface area (Å²) in [7, 11) is 2.00. The van der Waals surface area contributed by atoms with Crippen molar-refractivity contribution in [3.05, 3.63) is 34.4 Å². The maximum absolute atomic E-state index is 11.9. The molecule has 1 saturated carbocycles. The van der Waals surface area contributed by atoms with E-state index in [2.05, 4.69) is 26.6 Å². The molecule has 1 N–H and O–H groups in total. The van der Waals surface area contributed by atoms with Crippen molar-refractivity contribution in [2.45, 2.75) is 37.5 Å². The number of halogens is 1. The second-order valence-electron chi connectivity index (χ2n) is 5.77. The number of carboxylic acid groups (broad SMARTS) is 1. The second-order valence-corrected chi connectivity index (χ2v) is 6.62. The molecule has 1 fully saturated rings. The number of benzene rings is 1. The lowest BCUT2D eigenvalue weighted by Gasteiger charge is -2.33. The lowest BCUT2D eigenvalue weighted by molar-refractivity contribution is -0.145. The van der Waals surface area contributed by atoms with Gasteiger partial charge in [-0.1, -0.05) is 25.3 Å². The van der Waals surface area contributed by atoms with Crippen LogP contribution in [0.1, 0.15) is 37.7 Å². The SMILES string of the molecule is Cn1cc(Br)c2cc(C3(C(=O)O)CCCCC3)ccc21. The summed E-state index contributed by atoms with van der Waals surface area (Å²) in [4.78, 5) is 11.9. The van der Waals surface area contributed by atoms with E-state index in [-0.39, 0.29) is 0 Å². The quantitative estimate of drug-likeness (QED) is 0.892. The molecule has 0 spiro atoms. The summed E-state index contributed by atoms with van der Waals surface area (Å²) >= 11 is 3.56. The van der Waals surface area contributed by atoms with Crippen LogP contribution in [0.5, 0.6) is 0 Å². The predicted molar refractivity (Wildman–Crippen MR) is 83.0 cm³/mol. The lowest BCUT2D eigenvalue weighted by atomic mass is 9.69. The molecule has 0 unspecified atom stereocenters. The van der Waals surface area contributed by atoms with Crippen LogP contribution in [0.15, 0.2) is 28.9 Å². The first-order valence-corrected chi connectivity index (χ1v) is 7.82. The molecule has 1 aliphatic carbocycles. The number of hydrogen-bond acceptors (Lipinski definition) is 1. The highest BCUT2D eigenvalue weighted by Gasteiger charge is 2.41. The Morgan fingerprint density at radius 2 is 2.00 bits per heavy atom. The zero-order chi connectivity index (χ0) is 14.3. The topological polar surface area (TPSA) is 42.2 Å². The number of aryl methyl sites for hydroxylation is 1. The van der Waals surface area contributed by atoms with Gasteiger partial charge in [0.2, 0.25) is 0 Å². The maximum atomic E-state index is 11.9. The van der Waals surface area contributed by atoms with Crippen molar-refractivity contribution < 1.29 is 9.90 Å². The van der Waals surface area contributed by atoms with Crippen LogP contribution in [0, 0.1) is 0 Å². The molecule has 0 radical (unpaired) electrons. The van der Waals surface area contributed by atoms with Crippen LogP contribution in [0.4, 0.5) is 0 Å². The van der Waals surface area contributed by atoms with E-state index in [0.29, 0.717) is 0 Å². The van der Waals surface area contributed by atoms with Crippen molar-refractivity contribution in [2.24, 2.45) is 7.05 Å². The van der Waals surface area contributed by atoms with E-state index in [1.807, 2.05) is 25.4 Å². The lowest BCUT2D eigenvalue weighted by Crippen LogP contribution is -2.37. The largest absolute Gasteiger partial charge is 0.481 e. The Morgan fingerprint density at radius 3 is 2.65 bits per heavy atom. The smallest absolute Gasteiger partial charge is 0.314 e. The van der Waals surface area contributed by atoms with Crippen LogP contribution in [-0.4, -0.2) is 15.6 Å². The third-order valence-corrected chi connectivity index (χ3v) is 5.24. The minimum Gasteiger partial charge on any atom is -0.481 e. The highest BCUT2D eigenvalue weighted by atomic mass is 79.9. The molecule has 106 valence electrons. The van der Waals surface area contributed by atoms with E-state index < -0.39 is 11.4 Å². The Kier molecular flexibility index (Phi) is 3.36. The van der Waals surface area contributed by atoms with Gasteiger partial charge in [0.05, 0.1) is 5.41 Å². The summed E-state index contributed by atoms with van der Waals surface area (Å²) in [5.74, 6) is -0.677. The fourth-order valence-corrected chi connectivity index (χ4v) is 4.05. The molecule has 2 aromatic rings.